The van der Waals surface area contributed by atoms with Crippen LogP contribution in [0.2, 0.25) is 0 Å². The van der Waals surface area contributed by atoms with Crippen molar-refractivity contribution < 1.29 is 4.74 Å². The van der Waals surface area contributed by atoms with Crippen LogP contribution in [0.1, 0.15) is 47.0 Å². The Hall–Kier alpha value is -0.0800. The van der Waals surface area contributed by atoms with E-state index in [-0.39, 0.29) is 0 Å². The van der Waals surface area contributed by atoms with Crippen LogP contribution in [-0.2, 0) is 4.74 Å². The number of ether oxygens (including phenoxy) is 1. The fraction of sp³-hybridized carbons (Fsp3) is 1.00. The fourth-order valence-corrected chi connectivity index (χ4v) is 1.69. The lowest BCUT2D eigenvalue weighted by molar-refractivity contribution is 0.0679. The average molecular weight is 201 g/mol. The quantitative estimate of drug-likeness (QED) is 0.610. The summed E-state index contributed by atoms with van der Waals surface area (Å²) in [6.07, 6.45) is 3.91. The van der Waals surface area contributed by atoms with Gasteiger partial charge in [-0.15, -0.1) is 0 Å². The molecule has 0 saturated heterocycles. The molecule has 2 nitrogen and oxygen atoms in total. The highest BCUT2D eigenvalue weighted by molar-refractivity contribution is 4.77. The predicted molar refractivity (Wildman–Crippen MR) is 62.6 cm³/mol. The SMILES string of the molecule is CCCNCC(C)(CC)CC(C)OC. The lowest BCUT2D eigenvalue weighted by Gasteiger charge is -2.31. The highest BCUT2D eigenvalue weighted by Gasteiger charge is 2.24. The summed E-state index contributed by atoms with van der Waals surface area (Å²) in [6.45, 7) is 11.2. The maximum absolute atomic E-state index is 5.33. The van der Waals surface area contributed by atoms with Gasteiger partial charge in [0.05, 0.1) is 6.10 Å². The second-order valence-corrected chi connectivity index (χ2v) is 4.59. The number of nitrogens with one attached hydrogen (secondary N) is 1. The van der Waals surface area contributed by atoms with E-state index >= 15 is 0 Å². The molecule has 86 valence electrons. The Morgan fingerprint density at radius 2 is 2.00 bits per heavy atom. The summed E-state index contributed by atoms with van der Waals surface area (Å²) in [5.41, 5.74) is 0.380. The molecule has 0 aromatic rings. The minimum atomic E-state index is 0.364. The molecule has 0 fully saturated rings. The maximum Gasteiger partial charge on any atom is 0.0548 e. The summed E-state index contributed by atoms with van der Waals surface area (Å²) in [4.78, 5) is 0. The van der Waals surface area contributed by atoms with Crippen LogP contribution in [-0.4, -0.2) is 26.3 Å². The van der Waals surface area contributed by atoms with Crippen LogP contribution in [0.25, 0.3) is 0 Å². The molecular weight excluding hydrogens is 174 g/mol. The van der Waals surface area contributed by atoms with Gasteiger partial charge in [-0.3, -0.25) is 0 Å². The highest BCUT2D eigenvalue weighted by atomic mass is 16.5. The Balaban J connectivity index is 3.90. The summed E-state index contributed by atoms with van der Waals surface area (Å²) >= 11 is 0. The third-order valence-corrected chi connectivity index (χ3v) is 3.01. The largest absolute Gasteiger partial charge is 0.382 e. The standard InChI is InChI=1S/C12H27NO/c1-6-8-13-10-12(4,7-2)9-11(3)14-5/h11,13H,6-10H2,1-5H3. The summed E-state index contributed by atoms with van der Waals surface area (Å²) in [7, 11) is 1.79. The van der Waals surface area contributed by atoms with E-state index in [4.69, 9.17) is 4.74 Å². The summed E-state index contributed by atoms with van der Waals surface area (Å²) in [5.74, 6) is 0. The van der Waals surface area contributed by atoms with E-state index in [1.165, 1.54) is 12.8 Å². The smallest absolute Gasteiger partial charge is 0.0548 e. The van der Waals surface area contributed by atoms with Crippen molar-refractivity contribution in [3.8, 4) is 0 Å². The molecule has 0 aromatic heterocycles. The molecule has 1 N–H and O–H groups in total. The van der Waals surface area contributed by atoms with Gasteiger partial charge >= 0.3 is 0 Å². The van der Waals surface area contributed by atoms with E-state index < -0.39 is 0 Å². The first-order valence-electron chi connectivity index (χ1n) is 5.81. The average Bonchev–Trinajstić information content (AvgIpc) is 2.18. The number of hydrogen-bond acceptors (Lipinski definition) is 2. The Bertz CT molecular complexity index is 138. The molecule has 2 unspecified atom stereocenters. The summed E-state index contributed by atoms with van der Waals surface area (Å²) < 4.78 is 5.33. The Morgan fingerprint density at radius 1 is 1.36 bits per heavy atom. The van der Waals surface area contributed by atoms with Crippen molar-refractivity contribution in [1.29, 1.82) is 0 Å². The van der Waals surface area contributed by atoms with Crippen LogP contribution in [0.15, 0.2) is 0 Å². The topological polar surface area (TPSA) is 21.3 Å². The van der Waals surface area contributed by atoms with Crippen LogP contribution in [0.5, 0.6) is 0 Å². The van der Waals surface area contributed by atoms with Crippen molar-refractivity contribution in [2.75, 3.05) is 20.2 Å². The first-order valence-corrected chi connectivity index (χ1v) is 5.81. The molecule has 0 rings (SSSR count). The molecule has 0 heterocycles. The predicted octanol–water partition coefficient (Wildman–Crippen LogP) is 2.83. The summed E-state index contributed by atoms with van der Waals surface area (Å²) in [5, 5.41) is 3.50. The Kier molecular flexibility index (Phi) is 7.20. The molecule has 0 aromatic carbocycles. The molecule has 0 radical (unpaired) electrons. The molecule has 0 spiro atoms. The molecule has 0 bridgehead atoms. The number of methoxy groups -OCH3 is 1. The van der Waals surface area contributed by atoms with Crippen molar-refractivity contribution >= 4 is 0 Å². The van der Waals surface area contributed by atoms with Gasteiger partial charge in [0.2, 0.25) is 0 Å². The van der Waals surface area contributed by atoms with E-state index in [9.17, 15) is 0 Å². The monoisotopic (exact) mass is 201 g/mol. The lowest BCUT2D eigenvalue weighted by atomic mass is 9.82. The fourth-order valence-electron chi connectivity index (χ4n) is 1.69. The van der Waals surface area contributed by atoms with Gasteiger partial charge in [0, 0.05) is 13.7 Å². The van der Waals surface area contributed by atoms with Crippen molar-refractivity contribution in [3.63, 3.8) is 0 Å². The molecule has 0 aliphatic carbocycles. The van der Waals surface area contributed by atoms with E-state index in [1.54, 1.807) is 7.11 Å². The van der Waals surface area contributed by atoms with Crippen molar-refractivity contribution in [2.24, 2.45) is 5.41 Å². The second-order valence-electron chi connectivity index (χ2n) is 4.59. The van der Waals surface area contributed by atoms with Crippen LogP contribution >= 0.6 is 0 Å². The number of rotatable bonds is 8. The van der Waals surface area contributed by atoms with Gasteiger partial charge in [0.25, 0.3) is 0 Å². The first-order chi connectivity index (χ1) is 6.58. The van der Waals surface area contributed by atoms with Crippen LogP contribution in [0, 0.1) is 5.41 Å². The molecular formula is C12H27NO. The molecule has 0 aliphatic heterocycles. The van der Waals surface area contributed by atoms with Crippen LogP contribution < -0.4 is 5.32 Å². The van der Waals surface area contributed by atoms with Crippen LogP contribution in [0.3, 0.4) is 0 Å². The van der Waals surface area contributed by atoms with Gasteiger partial charge in [-0.25, -0.2) is 0 Å². The molecule has 2 atom stereocenters. The maximum atomic E-state index is 5.33. The minimum Gasteiger partial charge on any atom is -0.382 e. The highest BCUT2D eigenvalue weighted by Crippen LogP contribution is 2.27. The summed E-state index contributed by atoms with van der Waals surface area (Å²) in [6, 6.07) is 0. The zero-order valence-electron chi connectivity index (χ0n) is 10.5. The van der Waals surface area contributed by atoms with Gasteiger partial charge in [-0.2, -0.15) is 0 Å². The number of hydrogen-bond donors (Lipinski definition) is 1. The van der Waals surface area contributed by atoms with Crippen molar-refractivity contribution in [2.45, 2.75) is 53.1 Å². The molecule has 2 heteroatoms. The van der Waals surface area contributed by atoms with E-state index in [2.05, 4.69) is 33.0 Å². The Morgan fingerprint density at radius 3 is 2.43 bits per heavy atom. The third kappa shape index (κ3) is 5.61. The van der Waals surface area contributed by atoms with Gasteiger partial charge in [0.15, 0.2) is 0 Å². The van der Waals surface area contributed by atoms with E-state index in [1.807, 2.05) is 0 Å². The first kappa shape index (κ1) is 13.9. The zero-order valence-corrected chi connectivity index (χ0v) is 10.5. The van der Waals surface area contributed by atoms with Gasteiger partial charge in [-0.05, 0) is 38.1 Å². The van der Waals surface area contributed by atoms with Gasteiger partial charge < -0.3 is 10.1 Å². The van der Waals surface area contributed by atoms with Crippen LogP contribution in [0.4, 0.5) is 0 Å². The van der Waals surface area contributed by atoms with Gasteiger partial charge in [0.1, 0.15) is 0 Å². The molecule has 14 heavy (non-hydrogen) atoms. The molecule has 0 amide bonds. The van der Waals surface area contributed by atoms with Crippen molar-refractivity contribution in [1.82, 2.24) is 5.32 Å². The van der Waals surface area contributed by atoms with E-state index in [0.717, 1.165) is 19.5 Å². The minimum absolute atomic E-state index is 0.364. The third-order valence-electron chi connectivity index (χ3n) is 3.01. The second kappa shape index (κ2) is 7.24. The molecule has 0 aliphatic rings. The van der Waals surface area contributed by atoms with Gasteiger partial charge in [-0.1, -0.05) is 20.8 Å². The zero-order chi connectivity index (χ0) is 11.0. The van der Waals surface area contributed by atoms with E-state index in [0.29, 0.717) is 11.5 Å². The molecule has 0 saturated carbocycles. The van der Waals surface area contributed by atoms with Crippen molar-refractivity contribution in [3.05, 3.63) is 0 Å². The Labute approximate surface area is 89.4 Å². The normalized spacial score (nSPS) is 17.8. The lowest BCUT2D eigenvalue weighted by Crippen LogP contribution is -2.34.